The Morgan fingerprint density at radius 1 is 0.857 bits per heavy atom. The molecule has 0 N–H and O–H groups in total. The van der Waals surface area contributed by atoms with E-state index < -0.39 is 0 Å². The normalized spacial score (nSPS) is 11.1. The Morgan fingerprint density at radius 2 is 1.62 bits per heavy atom. The molecule has 0 aliphatic heterocycles. The molecule has 2 aromatic carbocycles. The van der Waals surface area contributed by atoms with E-state index in [0.29, 0.717) is 5.88 Å². The molecule has 1 aromatic heterocycles. The molecule has 0 aliphatic rings. The number of rotatable bonds is 4. The van der Waals surface area contributed by atoms with Gasteiger partial charge in [-0.05, 0) is 50.7 Å². The Balaban J connectivity index is 1.84. The predicted molar refractivity (Wildman–Crippen MR) is 94.7 cm³/mol. The van der Waals surface area contributed by atoms with Crippen LogP contribution in [0.4, 0.5) is 0 Å². The predicted octanol–water partition coefficient (Wildman–Crippen LogP) is 6.32. The summed E-state index contributed by atoms with van der Waals surface area (Å²) in [5, 5.41) is 4.28. The topological polar surface area (TPSA) is 0 Å². The summed E-state index contributed by atoms with van der Waals surface area (Å²) in [4.78, 5) is 0. The highest BCUT2D eigenvalue weighted by Crippen LogP contribution is 2.23. The molecule has 0 saturated carbocycles. The van der Waals surface area contributed by atoms with Gasteiger partial charge in [-0.3, -0.25) is 0 Å². The summed E-state index contributed by atoms with van der Waals surface area (Å²) in [6.45, 7) is 0. The number of benzene rings is 2. The fourth-order valence-electron chi connectivity index (χ4n) is 2.22. The zero-order valence-electron chi connectivity index (χ0n) is 11.5. The summed E-state index contributed by atoms with van der Waals surface area (Å²) in [6.07, 6.45) is 4.27. The second kappa shape index (κ2) is 6.75. The molecule has 1 heterocycles. The SMILES string of the molecule is ClCc1cccc(/C=C/c2cccc(-c3ccsc3)c2)c1. The minimum absolute atomic E-state index is 0.551. The molecule has 0 saturated heterocycles. The van der Waals surface area contributed by atoms with Crippen molar-refractivity contribution in [1.82, 2.24) is 0 Å². The minimum atomic E-state index is 0.551. The highest BCUT2D eigenvalue weighted by atomic mass is 35.5. The highest BCUT2D eigenvalue weighted by molar-refractivity contribution is 7.08. The molecule has 0 nitrogen and oxygen atoms in total. The summed E-state index contributed by atoms with van der Waals surface area (Å²) in [5.41, 5.74) is 6.06. The van der Waals surface area contributed by atoms with Crippen LogP contribution in [-0.4, -0.2) is 0 Å². The maximum Gasteiger partial charge on any atom is 0.0474 e. The van der Waals surface area contributed by atoms with Crippen molar-refractivity contribution in [2.75, 3.05) is 0 Å². The molecule has 0 unspecified atom stereocenters. The van der Waals surface area contributed by atoms with Crippen molar-refractivity contribution in [3.05, 3.63) is 82.0 Å². The minimum Gasteiger partial charge on any atom is -0.152 e. The second-order valence-electron chi connectivity index (χ2n) is 4.85. The van der Waals surface area contributed by atoms with Gasteiger partial charge in [-0.1, -0.05) is 54.6 Å². The fraction of sp³-hybridized carbons (Fsp3) is 0.0526. The summed E-state index contributed by atoms with van der Waals surface area (Å²) < 4.78 is 0. The van der Waals surface area contributed by atoms with E-state index in [1.807, 2.05) is 12.1 Å². The van der Waals surface area contributed by atoms with Crippen molar-refractivity contribution in [2.24, 2.45) is 0 Å². The van der Waals surface area contributed by atoms with Gasteiger partial charge in [-0.15, -0.1) is 11.6 Å². The Hall–Kier alpha value is -1.83. The van der Waals surface area contributed by atoms with E-state index in [9.17, 15) is 0 Å². The molecule has 0 atom stereocenters. The van der Waals surface area contributed by atoms with Crippen molar-refractivity contribution in [2.45, 2.75) is 5.88 Å². The van der Waals surface area contributed by atoms with Crippen LogP contribution < -0.4 is 0 Å². The molecular formula is C19H15ClS. The first-order valence-corrected chi connectivity index (χ1v) is 8.28. The summed E-state index contributed by atoms with van der Waals surface area (Å²) >= 11 is 7.59. The van der Waals surface area contributed by atoms with Crippen molar-refractivity contribution in [1.29, 1.82) is 0 Å². The smallest absolute Gasteiger partial charge is 0.0474 e. The molecule has 3 aromatic rings. The monoisotopic (exact) mass is 310 g/mol. The van der Waals surface area contributed by atoms with Gasteiger partial charge in [0.2, 0.25) is 0 Å². The van der Waals surface area contributed by atoms with E-state index in [0.717, 1.165) is 5.56 Å². The van der Waals surface area contributed by atoms with Crippen LogP contribution in [0.1, 0.15) is 16.7 Å². The summed E-state index contributed by atoms with van der Waals surface area (Å²) in [5.74, 6) is 0.551. The van der Waals surface area contributed by atoms with E-state index in [2.05, 4.69) is 65.4 Å². The van der Waals surface area contributed by atoms with E-state index in [4.69, 9.17) is 11.6 Å². The van der Waals surface area contributed by atoms with E-state index >= 15 is 0 Å². The largest absolute Gasteiger partial charge is 0.152 e. The number of hydrogen-bond acceptors (Lipinski definition) is 1. The number of hydrogen-bond donors (Lipinski definition) is 0. The standard InChI is InChI=1S/C19H15ClS/c20-13-17-5-1-3-15(11-17)7-8-16-4-2-6-18(12-16)19-9-10-21-14-19/h1-12,14H,13H2/b8-7+. The Bertz CT molecular complexity index is 742. The molecule has 0 spiro atoms. The van der Waals surface area contributed by atoms with Crippen LogP contribution in [-0.2, 0) is 5.88 Å². The average Bonchev–Trinajstić information content (AvgIpc) is 3.08. The van der Waals surface area contributed by atoms with Gasteiger partial charge in [-0.25, -0.2) is 0 Å². The average molecular weight is 311 g/mol. The third kappa shape index (κ3) is 3.63. The van der Waals surface area contributed by atoms with Crippen LogP contribution in [0.25, 0.3) is 23.3 Å². The van der Waals surface area contributed by atoms with Crippen molar-refractivity contribution in [3.8, 4) is 11.1 Å². The van der Waals surface area contributed by atoms with Gasteiger partial charge < -0.3 is 0 Å². The van der Waals surface area contributed by atoms with Crippen LogP contribution in [0.2, 0.25) is 0 Å². The highest BCUT2D eigenvalue weighted by Gasteiger charge is 1.98. The Morgan fingerprint density at radius 3 is 2.33 bits per heavy atom. The molecule has 21 heavy (non-hydrogen) atoms. The lowest BCUT2D eigenvalue weighted by Gasteiger charge is -2.01. The first kappa shape index (κ1) is 14.1. The van der Waals surface area contributed by atoms with Crippen LogP contribution in [0, 0.1) is 0 Å². The van der Waals surface area contributed by atoms with Gasteiger partial charge in [0, 0.05) is 5.88 Å². The van der Waals surface area contributed by atoms with Crippen molar-refractivity contribution >= 4 is 35.1 Å². The summed E-state index contributed by atoms with van der Waals surface area (Å²) in [7, 11) is 0. The third-order valence-corrected chi connectivity index (χ3v) is 4.31. The van der Waals surface area contributed by atoms with E-state index in [1.165, 1.54) is 22.3 Å². The first-order valence-electron chi connectivity index (χ1n) is 6.81. The quantitative estimate of drug-likeness (QED) is 0.390. The fourth-order valence-corrected chi connectivity index (χ4v) is 3.05. The molecule has 2 heteroatoms. The number of alkyl halides is 1. The van der Waals surface area contributed by atoms with Crippen LogP contribution in [0.3, 0.4) is 0 Å². The number of halogens is 1. The molecule has 0 amide bonds. The number of thiophene rings is 1. The molecule has 0 fully saturated rings. The van der Waals surface area contributed by atoms with Gasteiger partial charge in [0.05, 0.1) is 0 Å². The Kier molecular flexibility index (Phi) is 4.54. The zero-order chi connectivity index (χ0) is 14.5. The van der Waals surface area contributed by atoms with Gasteiger partial charge in [0.25, 0.3) is 0 Å². The lowest BCUT2D eigenvalue weighted by Crippen LogP contribution is -1.79. The maximum atomic E-state index is 5.87. The molecule has 3 rings (SSSR count). The summed E-state index contributed by atoms with van der Waals surface area (Å²) in [6, 6.07) is 19.0. The van der Waals surface area contributed by atoms with Crippen molar-refractivity contribution in [3.63, 3.8) is 0 Å². The molecular weight excluding hydrogens is 296 g/mol. The zero-order valence-corrected chi connectivity index (χ0v) is 13.1. The van der Waals surface area contributed by atoms with Gasteiger partial charge in [0.1, 0.15) is 0 Å². The van der Waals surface area contributed by atoms with Crippen LogP contribution >= 0.6 is 22.9 Å². The van der Waals surface area contributed by atoms with Crippen LogP contribution in [0.15, 0.2) is 65.4 Å². The van der Waals surface area contributed by atoms with Gasteiger partial charge in [0.15, 0.2) is 0 Å². The van der Waals surface area contributed by atoms with Crippen molar-refractivity contribution < 1.29 is 0 Å². The second-order valence-corrected chi connectivity index (χ2v) is 5.90. The van der Waals surface area contributed by atoms with Gasteiger partial charge >= 0.3 is 0 Å². The maximum absolute atomic E-state index is 5.87. The molecule has 0 aliphatic carbocycles. The third-order valence-electron chi connectivity index (χ3n) is 3.31. The molecule has 104 valence electrons. The molecule has 0 radical (unpaired) electrons. The van der Waals surface area contributed by atoms with Crippen LogP contribution in [0.5, 0.6) is 0 Å². The Labute approximate surface area is 134 Å². The lowest BCUT2D eigenvalue weighted by molar-refractivity contribution is 1.39. The molecule has 0 bridgehead atoms. The lowest BCUT2D eigenvalue weighted by atomic mass is 10.0. The van der Waals surface area contributed by atoms with E-state index in [-0.39, 0.29) is 0 Å². The first-order chi connectivity index (χ1) is 10.3. The van der Waals surface area contributed by atoms with Gasteiger partial charge in [-0.2, -0.15) is 11.3 Å². The van der Waals surface area contributed by atoms with E-state index in [1.54, 1.807) is 11.3 Å².